The normalized spacial score (nSPS) is 20.0. The minimum atomic E-state index is 0.305. The Kier molecular flexibility index (Phi) is 6.45. The average molecular weight is 323 g/mol. The van der Waals surface area contributed by atoms with E-state index in [0.717, 1.165) is 19.3 Å². The summed E-state index contributed by atoms with van der Waals surface area (Å²) in [5.41, 5.74) is 2.81. The van der Waals surface area contributed by atoms with Crippen molar-refractivity contribution in [1.82, 2.24) is 4.90 Å². The number of rotatable bonds is 7. The van der Waals surface area contributed by atoms with Gasteiger partial charge in [-0.25, -0.2) is 0 Å². The number of aliphatic hydroxyl groups is 1. The molecule has 1 N–H and O–H groups in total. The lowest BCUT2D eigenvalue weighted by Crippen LogP contribution is -2.43. The number of hydrogen-bond acceptors (Lipinski definition) is 2. The van der Waals surface area contributed by atoms with Gasteiger partial charge in [-0.1, -0.05) is 67.1 Å². The highest BCUT2D eigenvalue weighted by molar-refractivity contribution is 5.24. The van der Waals surface area contributed by atoms with Gasteiger partial charge in [0.15, 0.2) is 0 Å². The lowest BCUT2D eigenvalue weighted by Gasteiger charge is -2.42. The van der Waals surface area contributed by atoms with Gasteiger partial charge in [0.05, 0.1) is 0 Å². The molecule has 0 aromatic heterocycles. The first-order valence-electron chi connectivity index (χ1n) is 9.34. The molecule has 1 heterocycles. The van der Waals surface area contributed by atoms with Crippen LogP contribution in [-0.2, 0) is 6.42 Å². The number of hydrogen-bond donors (Lipinski definition) is 1. The Balaban J connectivity index is 1.85. The Morgan fingerprint density at radius 1 is 0.958 bits per heavy atom. The Bertz CT molecular complexity index is 583. The molecule has 1 saturated heterocycles. The van der Waals surface area contributed by atoms with E-state index in [1.807, 2.05) is 0 Å². The zero-order valence-corrected chi connectivity index (χ0v) is 14.5. The molecule has 0 unspecified atom stereocenters. The molecule has 2 heteroatoms. The van der Waals surface area contributed by atoms with E-state index in [-0.39, 0.29) is 0 Å². The minimum absolute atomic E-state index is 0.305. The molecule has 3 rings (SSSR count). The lowest BCUT2D eigenvalue weighted by atomic mass is 9.90. The molecule has 2 aromatic carbocycles. The summed E-state index contributed by atoms with van der Waals surface area (Å²) in [4.78, 5) is 2.71. The van der Waals surface area contributed by atoms with Crippen LogP contribution in [0, 0.1) is 0 Å². The fourth-order valence-electron chi connectivity index (χ4n) is 4.01. The van der Waals surface area contributed by atoms with E-state index in [1.54, 1.807) is 0 Å². The van der Waals surface area contributed by atoms with E-state index in [4.69, 9.17) is 0 Å². The molecular weight excluding hydrogens is 294 g/mol. The summed E-state index contributed by atoms with van der Waals surface area (Å²) in [6.45, 7) is 1.47. The molecule has 0 bridgehead atoms. The van der Waals surface area contributed by atoms with E-state index in [2.05, 4.69) is 65.6 Å². The standard InChI is InChI=1S/C22H29NO/c24-17-9-15-21-14-7-8-16-23(21)22(20-12-5-2-6-13-20)18-19-10-3-1-4-11-19/h1-6,10-13,21-22,24H,7-9,14-18H2/t21-,22-/m1/s1. The summed E-state index contributed by atoms with van der Waals surface area (Å²) >= 11 is 0. The Morgan fingerprint density at radius 3 is 2.38 bits per heavy atom. The average Bonchev–Trinajstić information content (AvgIpc) is 2.66. The molecule has 0 amide bonds. The van der Waals surface area contributed by atoms with Gasteiger partial charge in [0.2, 0.25) is 0 Å². The molecular formula is C22H29NO. The molecule has 2 atom stereocenters. The molecule has 1 fully saturated rings. The van der Waals surface area contributed by atoms with Crippen molar-refractivity contribution in [2.24, 2.45) is 0 Å². The quantitative estimate of drug-likeness (QED) is 0.805. The highest BCUT2D eigenvalue weighted by Gasteiger charge is 2.29. The molecule has 128 valence electrons. The second-order valence-electron chi connectivity index (χ2n) is 6.87. The third-order valence-electron chi connectivity index (χ3n) is 5.22. The van der Waals surface area contributed by atoms with Gasteiger partial charge < -0.3 is 5.11 Å². The summed E-state index contributed by atoms with van der Waals surface area (Å²) in [6, 6.07) is 22.8. The van der Waals surface area contributed by atoms with Crippen LogP contribution in [0.4, 0.5) is 0 Å². The Labute approximate surface area is 146 Å². The van der Waals surface area contributed by atoms with Gasteiger partial charge in [-0.3, -0.25) is 4.90 Å². The summed E-state index contributed by atoms with van der Waals surface area (Å²) in [5, 5.41) is 9.26. The zero-order chi connectivity index (χ0) is 16.6. The van der Waals surface area contributed by atoms with Crippen molar-refractivity contribution in [2.75, 3.05) is 13.2 Å². The van der Waals surface area contributed by atoms with Crippen LogP contribution in [0.25, 0.3) is 0 Å². The second kappa shape index (κ2) is 9.00. The molecule has 0 aliphatic carbocycles. The summed E-state index contributed by atoms with van der Waals surface area (Å²) < 4.78 is 0. The summed E-state index contributed by atoms with van der Waals surface area (Å²) in [6.07, 6.45) is 6.94. The number of benzene rings is 2. The maximum absolute atomic E-state index is 9.26. The molecule has 1 aliphatic heterocycles. The molecule has 2 aromatic rings. The van der Waals surface area contributed by atoms with E-state index in [0.29, 0.717) is 18.7 Å². The van der Waals surface area contributed by atoms with Gasteiger partial charge in [0.25, 0.3) is 0 Å². The van der Waals surface area contributed by atoms with Crippen molar-refractivity contribution in [2.45, 2.75) is 50.6 Å². The highest BCUT2D eigenvalue weighted by atomic mass is 16.2. The molecule has 2 nitrogen and oxygen atoms in total. The monoisotopic (exact) mass is 323 g/mol. The Hall–Kier alpha value is -1.64. The van der Waals surface area contributed by atoms with Gasteiger partial charge in [-0.2, -0.15) is 0 Å². The molecule has 0 saturated carbocycles. The van der Waals surface area contributed by atoms with Crippen LogP contribution in [0.1, 0.15) is 49.3 Å². The number of piperidine rings is 1. The third-order valence-corrected chi connectivity index (χ3v) is 5.22. The predicted octanol–water partition coefficient (Wildman–Crippen LogP) is 4.60. The first-order chi connectivity index (χ1) is 11.9. The Morgan fingerprint density at radius 2 is 1.67 bits per heavy atom. The first kappa shape index (κ1) is 17.2. The SMILES string of the molecule is OCCC[C@H]1CCCCN1[C@H](Cc1ccccc1)c1ccccc1. The van der Waals surface area contributed by atoms with Crippen LogP contribution < -0.4 is 0 Å². The van der Waals surface area contributed by atoms with Crippen LogP contribution in [0.3, 0.4) is 0 Å². The van der Waals surface area contributed by atoms with Crippen molar-refractivity contribution >= 4 is 0 Å². The molecule has 0 spiro atoms. The topological polar surface area (TPSA) is 23.5 Å². The predicted molar refractivity (Wildman–Crippen MR) is 100.0 cm³/mol. The van der Waals surface area contributed by atoms with Gasteiger partial charge in [-0.15, -0.1) is 0 Å². The van der Waals surface area contributed by atoms with Gasteiger partial charge in [-0.05, 0) is 49.8 Å². The van der Waals surface area contributed by atoms with E-state index in [9.17, 15) is 5.11 Å². The fourth-order valence-corrected chi connectivity index (χ4v) is 4.01. The van der Waals surface area contributed by atoms with E-state index >= 15 is 0 Å². The van der Waals surface area contributed by atoms with Gasteiger partial charge >= 0.3 is 0 Å². The van der Waals surface area contributed by atoms with Crippen LogP contribution in [0.15, 0.2) is 60.7 Å². The fraction of sp³-hybridized carbons (Fsp3) is 0.455. The number of nitrogens with zero attached hydrogens (tertiary/aromatic N) is 1. The smallest absolute Gasteiger partial charge is 0.0431 e. The van der Waals surface area contributed by atoms with Crippen LogP contribution in [0.2, 0.25) is 0 Å². The minimum Gasteiger partial charge on any atom is -0.396 e. The maximum Gasteiger partial charge on any atom is 0.0431 e. The van der Waals surface area contributed by atoms with Crippen LogP contribution >= 0.6 is 0 Å². The van der Waals surface area contributed by atoms with Gasteiger partial charge in [0, 0.05) is 18.7 Å². The number of likely N-dealkylation sites (tertiary alicyclic amines) is 1. The molecule has 1 aliphatic rings. The molecule has 0 radical (unpaired) electrons. The van der Waals surface area contributed by atoms with E-state index in [1.165, 1.54) is 36.9 Å². The number of aliphatic hydroxyl groups excluding tert-OH is 1. The lowest BCUT2D eigenvalue weighted by molar-refractivity contribution is 0.0825. The van der Waals surface area contributed by atoms with Crippen molar-refractivity contribution in [3.63, 3.8) is 0 Å². The van der Waals surface area contributed by atoms with Crippen molar-refractivity contribution < 1.29 is 5.11 Å². The first-order valence-corrected chi connectivity index (χ1v) is 9.34. The maximum atomic E-state index is 9.26. The van der Waals surface area contributed by atoms with Crippen molar-refractivity contribution in [3.8, 4) is 0 Å². The zero-order valence-electron chi connectivity index (χ0n) is 14.5. The van der Waals surface area contributed by atoms with Crippen LogP contribution in [0.5, 0.6) is 0 Å². The van der Waals surface area contributed by atoms with Crippen molar-refractivity contribution in [1.29, 1.82) is 0 Å². The molecule has 24 heavy (non-hydrogen) atoms. The van der Waals surface area contributed by atoms with Crippen LogP contribution in [-0.4, -0.2) is 29.2 Å². The largest absolute Gasteiger partial charge is 0.396 e. The highest BCUT2D eigenvalue weighted by Crippen LogP contribution is 2.33. The summed E-state index contributed by atoms with van der Waals surface area (Å²) in [7, 11) is 0. The van der Waals surface area contributed by atoms with Gasteiger partial charge in [0.1, 0.15) is 0 Å². The van der Waals surface area contributed by atoms with E-state index < -0.39 is 0 Å². The van der Waals surface area contributed by atoms with Crippen molar-refractivity contribution in [3.05, 3.63) is 71.8 Å². The second-order valence-corrected chi connectivity index (χ2v) is 6.87. The summed E-state index contributed by atoms with van der Waals surface area (Å²) in [5.74, 6) is 0. The third kappa shape index (κ3) is 4.46.